The lowest BCUT2D eigenvalue weighted by Gasteiger charge is -2.22. The molecule has 1 aromatic rings. The second kappa shape index (κ2) is 6.25. The van der Waals surface area contributed by atoms with Gasteiger partial charge >= 0.3 is 6.18 Å². The monoisotopic (exact) mass is 347 g/mol. The molecule has 1 aromatic heterocycles. The summed E-state index contributed by atoms with van der Waals surface area (Å²) in [7, 11) is 1.67. The summed E-state index contributed by atoms with van der Waals surface area (Å²) in [6.07, 6.45) is -4.22. The Kier molecular flexibility index (Phi) is 5.48. The summed E-state index contributed by atoms with van der Waals surface area (Å²) in [5.41, 5.74) is 1.22. The molecule has 0 fully saturated rings. The Morgan fingerprint density at radius 1 is 1.44 bits per heavy atom. The molecule has 0 aliphatic carbocycles. The molecular weight excluding hydrogens is 334 g/mol. The fraction of sp³-hybridized carbons (Fsp3) is 0.700. The number of halogens is 5. The second-order valence-corrected chi connectivity index (χ2v) is 5.16. The van der Waals surface area contributed by atoms with Gasteiger partial charge in [-0.3, -0.25) is 9.58 Å². The minimum atomic E-state index is -4.22. The van der Waals surface area contributed by atoms with Crippen molar-refractivity contribution in [1.29, 1.82) is 0 Å². The van der Waals surface area contributed by atoms with Crippen molar-refractivity contribution in [2.45, 2.75) is 19.6 Å². The third-order valence-electron chi connectivity index (χ3n) is 2.44. The van der Waals surface area contributed by atoms with Crippen LogP contribution in [0.4, 0.5) is 13.2 Å². The molecule has 1 heterocycles. The molecule has 0 radical (unpaired) electrons. The van der Waals surface area contributed by atoms with Gasteiger partial charge in [0, 0.05) is 25.5 Å². The molecule has 18 heavy (non-hydrogen) atoms. The van der Waals surface area contributed by atoms with Gasteiger partial charge in [-0.25, -0.2) is 0 Å². The van der Waals surface area contributed by atoms with Crippen LogP contribution in [0.3, 0.4) is 0 Å². The molecule has 1 rings (SSSR count). The maximum Gasteiger partial charge on any atom is 0.401 e. The molecule has 0 atom stereocenters. The van der Waals surface area contributed by atoms with Crippen LogP contribution in [0.15, 0.2) is 0 Å². The number of alkyl halides is 4. The highest BCUT2D eigenvalue weighted by molar-refractivity contribution is 9.09. The zero-order chi connectivity index (χ0) is 13.9. The standard InChI is InChI=1S/C10H14BrClF3N3/c1-7-9(12)8(17(2)16-7)5-18(4-3-11)6-10(13,14)15/h3-6H2,1-2H3. The highest BCUT2D eigenvalue weighted by atomic mass is 79.9. The molecular formula is C10H14BrClF3N3. The minimum Gasteiger partial charge on any atom is -0.288 e. The first kappa shape index (κ1) is 15.8. The lowest BCUT2D eigenvalue weighted by atomic mass is 10.3. The molecule has 0 aliphatic rings. The van der Waals surface area contributed by atoms with E-state index < -0.39 is 12.7 Å². The second-order valence-electron chi connectivity index (χ2n) is 3.98. The van der Waals surface area contributed by atoms with E-state index in [1.54, 1.807) is 14.0 Å². The van der Waals surface area contributed by atoms with E-state index in [4.69, 9.17) is 11.6 Å². The van der Waals surface area contributed by atoms with Gasteiger partial charge in [-0.05, 0) is 6.92 Å². The van der Waals surface area contributed by atoms with Crippen molar-refractivity contribution in [2.24, 2.45) is 7.05 Å². The van der Waals surface area contributed by atoms with Crippen LogP contribution in [-0.2, 0) is 13.6 Å². The molecule has 0 spiro atoms. The first-order valence-corrected chi connectivity index (χ1v) is 6.77. The van der Waals surface area contributed by atoms with Crippen LogP contribution in [0, 0.1) is 6.92 Å². The van der Waals surface area contributed by atoms with E-state index in [-0.39, 0.29) is 6.54 Å². The zero-order valence-electron chi connectivity index (χ0n) is 10.1. The molecule has 0 unspecified atom stereocenters. The molecule has 8 heteroatoms. The van der Waals surface area contributed by atoms with Crippen LogP contribution >= 0.6 is 27.5 Å². The molecule has 0 bridgehead atoms. The van der Waals surface area contributed by atoms with Crippen LogP contribution in [0.2, 0.25) is 5.02 Å². The van der Waals surface area contributed by atoms with Crippen molar-refractivity contribution in [3.8, 4) is 0 Å². The third kappa shape index (κ3) is 4.44. The first-order valence-electron chi connectivity index (χ1n) is 5.27. The number of nitrogens with zero attached hydrogens (tertiary/aromatic N) is 3. The molecule has 0 saturated heterocycles. The normalized spacial score (nSPS) is 12.4. The Labute approximate surface area is 117 Å². The molecule has 3 nitrogen and oxygen atoms in total. The van der Waals surface area contributed by atoms with E-state index in [1.165, 1.54) is 9.58 Å². The van der Waals surface area contributed by atoms with Gasteiger partial charge in [-0.1, -0.05) is 27.5 Å². The Hall–Kier alpha value is -0.270. The van der Waals surface area contributed by atoms with E-state index in [0.29, 0.717) is 28.3 Å². The molecule has 104 valence electrons. The fourth-order valence-electron chi connectivity index (χ4n) is 1.65. The van der Waals surface area contributed by atoms with Gasteiger partial charge < -0.3 is 0 Å². The Bertz CT molecular complexity index is 406. The van der Waals surface area contributed by atoms with Gasteiger partial charge in [-0.15, -0.1) is 0 Å². The van der Waals surface area contributed by atoms with Crippen molar-refractivity contribution in [3.05, 3.63) is 16.4 Å². The van der Waals surface area contributed by atoms with Gasteiger partial charge in [-0.2, -0.15) is 18.3 Å². The zero-order valence-corrected chi connectivity index (χ0v) is 12.4. The van der Waals surface area contributed by atoms with Crippen molar-refractivity contribution in [3.63, 3.8) is 0 Å². The highest BCUT2D eigenvalue weighted by Crippen LogP contribution is 2.23. The average molecular weight is 349 g/mol. The summed E-state index contributed by atoms with van der Waals surface area (Å²) in [6.45, 7) is 1.19. The lowest BCUT2D eigenvalue weighted by molar-refractivity contribution is -0.146. The molecule has 0 saturated carbocycles. The quantitative estimate of drug-likeness (QED) is 0.762. The molecule has 0 N–H and O–H groups in total. The van der Waals surface area contributed by atoms with E-state index in [0.717, 1.165) is 0 Å². The van der Waals surface area contributed by atoms with Gasteiger partial charge in [0.05, 0.1) is 23.0 Å². The minimum absolute atomic E-state index is 0.126. The maximum absolute atomic E-state index is 12.4. The maximum atomic E-state index is 12.4. The van der Waals surface area contributed by atoms with Crippen molar-refractivity contribution in [2.75, 3.05) is 18.4 Å². The van der Waals surface area contributed by atoms with E-state index in [2.05, 4.69) is 21.0 Å². The Morgan fingerprint density at radius 3 is 2.44 bits per heavy atom. The van der Waals surface area contributed by atoms with E-state index >= 15 is 0 Å². The topological polar surface area (TPSA) is 21.1 Å². The average Bonchev–Trinajstić information content (AvgIpc) is 2.43. The number of aryl methyl sites for hydroxylation is 2. The van der Waals surface area contributed by atoms with Crippen LogP contribution in [0.5, 0.6) is 0 Å². The summed E-state index contributed by atoms with van der Waals surface area (Å²) in [5, 5.41) is 4.98. The third-order valence-corrected chi connectivity index (χ3v) is 3.28. The van der Waals surface area contributed by atoms with Gasteiger partial charge in [0.25, 0.3) is 0 Å². The van der Waals surface area contributed by atoms with Gasteiger partial charge in [0.15, 0.2) is 0 Å². The first-order chi connectivity index (χ1) is 8.24. The van der Waals surface area contributed by atoms with Crippen molar-refractivity contribution < 1.29 is 13.2 Å². The van der Waals surface area contributed by atoms with Gasteiger partial charge in [0.1, 0.15) is 0 Å². The Balaban J connectivity index is 2.83. The summed E-state index contributed by atoms with van der Waals surface area (Å²) in [5.74, 6) is 0. The predicted octanol–water partition coefficient (Wildman–Crippen LogP) is 3.14. The number of hydrogen-bond acceptors (Lipinski definition) is 2. The fourth-order valence-corrected chi connectivity index (χ4v) is 2.37. The lowest BCUT2D eigenvalue weighted by Crippen LogP contribution is -2.35. The summed E-state index contributed by atoms with van der Waals surface area (Å²) in [4.78, 5) is 1.29. The van der Waals surface area contributed by atoms with Gasteiger partial charge in [0.2, 0.25) is 0 Å². The smallest absolute Gasteiger partial charge is 0.288 e. The summed E-state index contributed by atoms with van der Waals surface area (Å²) in [6, 6.07) is 0. The summed E-state index contributed by atoms with van der Waals surface area (Å²) >= 11 is 9.18. The van der Waals surface area contributed by atoms with Crippen LogP contribution < -0.4 is 0 Å². The summed E-state index contributed by atoms with van der Waals surface area (Å²) < 4.78 is 38.8. The van der Waals surface area contributed by atoms with Crippen LogP contribution in [0.25, 0.3) is 0 Å². The van der Waals surface area contributed by atoms with Crippen LogP contribution in [-0.4, -0.2) is 39.3 Å². The Morgan fingerprint density at radius 2 is 2.06 bits per heavy atom. The molecule has 0 aromatic carbocycles. The SMILES string of the molecule is Cc1nn(C)c(CN(CCBr)CC(F)(F)F)c1Cl. The number of aromatic nitrogens is 2. The number of hydrogen-bond donors (Lipinski definition) is 0. The van der Waals surface area contributed by atoms with Crippen molar-refractivity contribution in [1.82, 2.24) is 14.7 Å². The van der Waals surface area contributed by atoms with E-state index in [9.17, 15) is 13.2 Å². The van der Waals surface area contributed by atoms with Crippen molar-refractivity contribution >= 4 is 27.5 Å². The van der Waals surface area contributed by atoms with Crippen LogP contribution in [0.1, 0.15) is 11.4 Å². The van der Waals surface area contributed by atoms with E-state index in [1.807, 2.05) is 0 Å². The predicted molar refractivity (Wildman–Crippen MR) is 68.1 cm³/mol. The number of rotatable bonds is 5. The largest absolute Gasteiger partial charge is 0.401 e. The molecule has 0 amide bonds. The highest BCUT2D eigenvalue weighted by Gasteiger charge is 2.31. The molecule has 0 aliphatic heterocycles.